The average Bonchev–Trinajstić information content (AvgIpc) is 2.49. The highest BCUT2D eigenvalue weighted by molar-refractivity contribution is 5.81. The van der Waals surface area contributed by atoms with Gasteiger partial charge in [-0.3, -0.25) is 9.69 Å². The van der Waals surface area contributed by atoms with Gasteiger partial charge < -0.3 is 9.64 Å². The van der Waals surface area contributed by atoms with E-state index in [1.165, 1.54) is 0 Å². The predicted octanol–water partition coefficient (Wildman–Crippen LogP) is 1.21. The topological polar surface area (TPSA) is 32.8 Å². The van der Waals surface area contributed by atoms with Crippen molar-refractivity contribution in [2.75, 3.05) is 46.4 Å². The van der Waals surface area contributed by atoms with Crippen molar-refractivity contribution in [3.63, 3.8) is 0 Å². The minimum atomic E-state index is -0.262. The number of rotatable bonds is 3. The summed E-state index contributed by atoms with van der Waals surface area (Å²) in [7, 11) is 1.73. The van der Waals surface area contributed by atoms with E-state index in [1.807, 2.05) is 25.7 Å². The van der Waals surface area contributed by atoms with Crippen molar-refractivity contribution >= 4 is 5.91 Å². The first kappa shape index (κ1) is 14.5. The van der Waals surface area contributed by atoms with E-state index >= 15 is 0 Å². The fourth-order valence-corrected chi connectivity index (χ4v) is 2.09. The molecule has 1 heterocycles. The van der Waals surface area contributed by atoms with Crippen molar-refractivity contribution in [2.24, 2.45) is 5.41 Å². The third kappa shape index (κ3) is 4.64. The Morgan fingerprint density at radius 2 is 1.88 bits per heavy atom. The minimum absolute atomic E-state index is 0.262. The van der Waals surface area contributed by atoms with Gasteiger partial charge >= 0.3 is 0 Å². The highest BCUT2D eigenvalue weighted by atomic mass is 16.5. The third-order valence-electron chi connectivity index (χ3n) is 3.13. The van der Waals surface area contributed by atoms with Gasteiger partial charge in [-0.25, -0.2) is 0 Å². The molecule has 0 saturated carbocycles. The van der Waals surface area contributed by atoms with E-state index in [0.717, 1.165) is 45.8 Å². The molecule has 1 aliphatic rings. The lowest BCUT2D eigenvalue weighted by Crippen LogP contribution is -2.41. The zero-order valence-electron chi connectivity index (χ0n) is 11.7. The van der Waals surface area contributed by atoms with Crippen molar-refractivity contribution in [1.29, 1.82) is 0 Å². The van der Waals surface area contributed by atoms with Crippen molar-refractivity contribution in [3.05, 3.63) is 0 Å². The van der Waals surface area contributed by atoms with Gasteiger partial charge in [0.25, 0.3) is 0 Å². The Hall–Kier alpha value is -0.610. The highest BCUT2D eigenvalue weighted by Gasteiger charge is 2.28. The molecular formula is C13H26N2O2. The first-order valence-electron chi connectivity index (χ1n) is 6.46. The lowest BCUT2D eigenvalue weighted by molar-refractivity contribution is -0.139. The molecular weight excluding hydrogens is 216 g/mol. The normalized spacial score (nSPS) is 19.2. The third-order valence-corrected chi connectivity index (χ3v) is 3.13. The molecule has 0 aliphatic carbocycles. The molecule has 0 aromatic rings. The van der Waals surface area contributed by atoms with Crippen LogP contribution in [0.4, 0.5) is 0 Å². The molecule has 1 saturated heterocycles. The molecule has 100 valence electrons. The van der Waals surface area contributed by atoms with E-state index in [0.29, 0.717) is 0 Å². The summed E-state index contributed by atoms with van der Waals surface area (Å²) in [5.74, 6) is 0.270. The standard InChI is InChI=1S/C13H26N2O2/c1-13(2,3)12(16)15-7-5-6-14(8-9-15)10-11-17-4/h5-11H2,1-4H3. The summed E-state index contributed by atoms with van der Waals surface area (Å²) in [5.41, 5.74) is -0.262. The van der Waals surface area contributed by atoms with Crippen LogP contribution in [0, 0.1) is 5.41 Å². The van der Waals surface area contributed by atoms with Gasteiger partial charge in [0.2, 0.25) is 5.91 Å². The van der Waals surface area contributed by atoms with Crippen LogP contribution in [-0.2, 0) is 9.53 Å². The second-order valence-electron chi connectivity index (χ2n) is 5.73. The van der Waals surface area contributed by atoms with Gasteiger partial charge in [-0.2, -0.15) is 0 Å². The number of nitrogens with zero attached hydrogens (tertiary/aromatic N) is 2. The van der Waals surface area contributed by atoms with E-state index < -0.39 is 0 Å². The molecule has 0 aromatic carbocycles. The Morgan fingerprint density at radius 3 is 2.47 bits per heavy atom. The zero-order chi connectivity index (χ0) is 12.9. The maximum Gasteiger partial charge on any atom is 0.227 e. The van der Waals surface area contributed by atoms with Crippen LogP contribution in [0.2, 0.25) is 0 Å². The van der Waals surface area contributed by atoms with Crippen LogP contribution in [0.5, 0.6) is 0 Å². The van der Waals surface area contributed by atoms with E-state index in [1.54, 1.807) is 7.11 Å². The summed E-state index contributed by atoms with van der Waals surface area (Å²) < 4.78 is 5.09. The summed E-state index contributed by atoms with van der Waals surface area (Å²) in [6, 6.07) is 0. The van der Waals surface area contributed by atoms with Crippen LogP contribution >= 0.6 is 0 Å². The smallest absolute Gasteiger partial charge is 0.227 e. The van der Waals surface area contributed by atoms with Gasteiger partial charge in [0.05, 0.1) is 6.61 Å². The Labute approximate surface area is 105 Å². The Bertz CT molecular complexity index is 248. The molecule has 1 aliphatic heterocycles. The summed E-state index contributed by atoms with van der Waals surface area (Å²) in [5, 5.41) is 0. The van der Waals surface area contributed by atoms with E-state index in [4.69, 9.17) is 4.74 Å². The van der Waals surface area contributed by atoms with E-state index in [9.17, 15) is 4.79 Å². The first-order valence-corrected chi connectivity index (χ1v) is 6.46. The molecule has 1 rings (SSSR count). The molecule has 0 aromatic heterocycles. The summed E-state index contributed by atoms with van der Waals surface area (Å²) in [6.07, 6.45) is 1.06. The minimum Gasteiger partial charge on any atom is -0.383 e. The molecule has 0 unspecified atom stereocenters. The molecule has 0 bridgehead atoms. The summed E-state index contributed by atoms with van der Waals surface area (Å²) in [4.78, 5) is 16.6. The molecule has 17 heavy (non-hydrogen) atoms. The van der Waals surface area contributed by atoms with Crippen LogP contribution in [0.3, 0.4) is 0 Å². The zero-order valence-corrected chi connectivity index (χ0v) is 11.7. The van der Waals surface area contributed by atoms with E-state index in [2.05, 4.69) is 4.90 Å². The van der Waals surface area contributed by atoms with Crippen LogP contribution in [0.1, 0.15) is 27.2 Å². The van der Waals surface area contributed by atoms with Crippen LogP contribution in [0.15, 0.2) is 0 Å². The van der Waals surface area contributed by atoms with E-state index in [-0.39, 0.29) is 11.3 Å². The number of methoxy groups -OCH3 is 1. The number of carbonyl (C=O) groups is 1. The number of amides is 1. The van der Waals surface area contributed by atoms with Crippen molar-refractivity contribution in [3.8, 4) is 0 Å². The summed E-state index contributed by atoms with van der Waals surface area (Å²) >= 11 is 0. The first-order chi connectivity index (χ1) is 7.95. The van der Waals surface area contributed by atoms with Gasteiger partial charge in [0.15, 0.2) is 0 Å². The molecule has 0 N–H and O–H groups in total. The Morgan fingerprint density at radius 1 is 1.18 bits per heavy atom. The van der Waals surface area contributed by atoms with Gasteiger partial charge in [-0.05, 0) is 13.0 Å². The molecule has 4 nitrogen and oxygen atoms in total. The van der Waals surface area contributed by atoms with Crippen LogP contribution < -0.4 is 0 Å². The maximum atomic E-state index is 12.2. The molecule has 0 radical (unpaired) electrons. The molecule has 4 heteroatoms. The molecule has 1 amide bonds. The number of carbonyl (C=O) groups excluding carboxylic acids is 1. The number of hydrogen-bond donors (Lipinski definition) is 0. The molecule has 0 atom stereocenters. The fraction of sp³-hybridized carbons (Fsp3) is 0.923. The summed E-state index contributed by atoms with van der Waals surface area (Å²) in [6.45, 7) is 11.5. The quantitative estimate of drug-likeness (QED) is 0.746. The van der Waals surface area contributed by atoms with Crippen LogP contribution in [0.25, 0.3) is 0 Å². The van der Waals surface area contributed by atoms with Gasteiger partial charge in [-0.1, -0.05) is 20.8 Å². The molecule has 1 fully saturated rings. The monoisotopic (exact) mass is 242 g/mol. The number of ether oxygens (including phenoxy) is 1. The van der Waals surface area contributed by atoms with Crippen LogP contribution in [-0.4, -0.2) is 62.1 Å². The Kier molecular flexibility index (Phi) is 5.40. The Balaban J connectivity index is 2.45. The van der Waals surface area contributed by atoms with Crippen molar-refractivity contribution in [1.82, 2.24) is 9.80 Å². The van der Waals surface area contributed by atoms with Gasteiger partial charge in [-0.15, -0.1) is 0 Å². The second kappa shape index (κ2) is 6.36. The lowest BCUT2D eigenvalue weighted by atomic mass is 9.94. The van der Waals surface area contributed by atoms with Gasteiger partial charge in [0, 0.05) is 38.7 Å². The van der Waals surface area contributed by atoms with Crippen molar-refractivity contribution < 1.29 is 9.53 Å². The maximum absolute atomic E-state index is 12.2. The number of hydrogen-bond acceptors (Lipinski definition) is 3. The predicted molar refractivity (Wildman–Crippen MR) is 69.0 cm³/mol. The fourth-order valence-electron chi connectivity index (χ4n) is 2.09. The largest absolute Gasteiger partial charge is 0.383 e. The average molecular weight is 242 g/mol. The lowest BCUT2D eigenvalue weighted by Gasteiger charge is -2.28. The second-order valence-corrected chi connectivity index (χ2v) is 5.73. The SMILES string of the molecule is COCCN1CCCN(C(=O)C(C)(C)C)CC1. The highest BCUT2D eigenvalue weighted by Crippen LogP contribution is 2.18. The van der Waals surface area contributed by atoms with Crippen molar-refractivity contribution in [2.45, 2.75) is 27.2 Å². The molecule has 0 spiro atoms. The van der Waals surface area contributed by atoms with Gasteiger partial charge in [0.1, 0.15) is 0 Å².